The van der Waals surface area contributed by atoms with Gasteiger partial charge in [-0.3, -0.25) is 4.79 Å². The van der Waals surface area contributed by atoms with Crippen molar-refractivity contribution in [2.45, 2.75) is 40.0 Å². The number of benzene rings is 1. The van der Waals surface area contributed by atoms with Crippen LogP contribution in [0.5, 0.6) is 5.75 Å². The Morgan fingerprint density at radius 1 is 1.19 bits per heavy atom. The number of aliphatic hydroxyl groups is 1. The number of hydrogen-bond acceptors (Lipinski definition) is 3. The van der Waals surface area contributed by atoms with Crippen LogP contribution in [0.3, 0.4) is 0 Å². The highest BCUT2D eigenvalue weighted by molar-refractivity contribution is 6.05. The summed E-state index contributed by atoms with van der Waals surface area (Å²) in [6, 6.07) is 5.78. The molecule has 0 bridgehead atoms. The van der Waals surface area contributed by atoms with Crippen LogP contribution >= 0.6 is 0 Å². The molecule has 1 fully saturated rings. The fourth-order valence-electron chi connectivity index (χ4n) is 4.34. The molecular formula is C18H22O3. The van der Waals surface area contributed by atoms with Crippen LogP contribution in [0.15, 0.2) is 23.8 Å². The molecular weight excluding hydrogens is 264 g/mol. The van der Waals surface area contributed by atoms with Gasteiger partial charge in [0.2, 0.25) is 0 Å². The highest BCUT2D eigenvalue weighted by atomic mass is 16.5. The van der Waals surface area contributed by atoms with Crippen molar-refractivity contribution in [3.05, 3.63) is 34.9 Å². The van der Waals surface area contributed by atoms with Gasteiger partial charge in [0.15, 0.2) is 5.78 Å². The zero-order chi connectivity index (χ0) is 15.4. The van der Waals surface area contributed by atoms with Crippen molar-refractivity contribution in [1.29, 1.82) is 0 Å². The maximum absolute atomic E-state index is 12.6. The molecule has 0 aliphatic heterocycles. The van der Waals surface area contributed by atoms with Gasteiger partial charge in [0.1, 0.15) is 11.5 Å². The number of Topliss-reactive ketones (excluding diaryl/α,β-unsaturated/α-hetero) is 1. The molecule has 2 aliphatic carbocycles. The van der Waals surface area contributed by atoms with E-state index in [4.69, 9.17) is 4.74 Å². The van der Waals surface area contributed by atoms with Gasteiger partial charge >= 0.3 is 0 Å². The van der Waals surface area contributed by atoms with E-state index in [0.717, 1.165) is 18.4 Å². The SMILES string of the molecule is COc1cccc2c1C(O)=C1C(=O)CC(C)(C)CC1(C)C2. The molecule has 1 N–H and O–H groups in total. The maximum Gasteiger partial charge on any atom is 0.163 e. The van der Waals surface area contributed by atoms with Crippen molar-refractivity contribution in [3.63, 3.8) is 0 Å². The van der Waals surface area contributed by atoms with E-state index in [9.17, 15) is 9.90 Å². The van der Waals surface area contributed by atoms with Crippen LogP contribution in [0.2, 0.25) is 0 Å². The number of aliphatic hydroxyl groups excluding tert-OH is 1. The van der Waals surface area contributed by atoms with E-state index >= 15 is 0 Å². The Morgan fingerprint density at radius 2 is 1.90 bits per heavy atom. The van der Waals surface area contributed by atoms with Crippen molar-refractivity contribution >= 4 is 11.5 Å². The van der Waals surface area contributed by atoms with E-state index in [1.807, 2.05) is 18.2 Å². The Bertz CT molecular complexity index is 654. The van der Waals surface area contributed by atoms with E-state index in [1.165, 1.54) is 0 Å². The van der Waals surface area contributed by atoms with Crippen LogP contribution in [-0.2, 0) is 11.2 Å². The Hall–Kier alpha value is -1.77. The van der Waals surface area contributed by atoms with Gasteiger partial charge in [-0.1, -0.05) is 32.9 Å². The summed E-state index contributed by atoms with van der Waals surface area (Å²) in [5.74, 6) is 0.830. The van der Waals surface area contributed by atoms with Gasteiger partial charge in [-0.15, -0.1) is 0 Å². The molecule has 0 spiro atoms. The minimum Gasteiger partial charge on any atom is -0.507 e. The van der Waals surface area contributed by atoms with Crippen LogP contribution in [-0.4, -0.2) is 18.0 Å². The van der Waals surface area contributed by atoms with Crippen molar-refractivity contribution in [3.8, 4) is 5.75 Å². The first-order valence-electron chi connectivity index (χ1n) is 7.41. The van der Waals surface area contributed by atoms with Gasteiger partial charge in [0.25, 0.3) is 0 Å². The quantitative estimate of drug-likeness (QED) is 0.851. The molecule has 1 unspecified atom stereocenters. The predicted octanol–water partition coefficient (Wildman–Crippen LogP) is 3.92. The lowest BCUT2D eigenvalue weighted by Crippen LogP contribution is -2.42. The molecule has 3 heteroatoms. The van der Waals surface area contributed by atoms with Gasteiger partial charge in [-0.05, 0) is 29.9 Å². The number of allylic oxidation sites excluding steroid dienone is 1. The summed E-state index contributed by atoms with van der Waals surface area (Å²) < 4.78 is 5.37. The number of hydrogen-bond donors (Lipinski definition) is 1. The first-order chi connectivity index (χ1) is 9.77. The highest BCUT2D eigenvalue weighted by Gasteiger charge is 2.49. The molecule has 0 radical (unpaired) electrons. The first-order valence-corrected chi connectivity index (χ1v) is 7.41. The fourth-order valence-corrected chi connectivity index (χ4v) is 4.34. The summed E-state index contributed by atoms with van der Waals surface area (Å²) in [5, 5.41) is 10.8. The minimum atomic E-state index is -0.289. The number of fused-ring (bicyclic) bond motifs is 2. The van der Waals surface area contributed by atoms with Crippen LogP contribution in [0.1, 0.15) is 44.7 Å². The Balaban J connectivity index is 2.24. The zero-order valence-electron chi connectivity index (χ0n) is 13.1. The molecule has 2 aliphatic rings. The number of carbonyl (C=O) groups is 1. The molecule has 112 valence electrons. The first kappa shape index (κ1) is 14.2. The third-order valence-electron chi connectivity index (χ3n) is 4.78. The second-order valence-corrected chi connectivity index (χ2v) is 7.40. The predicted molar refractivity (Wildman–Crippen MR) is 82.4 cm³/mol. The molecule has 1 saturated carbocycles. The van der Waals surface area contributed by atoms with Crippen molar-refractivity contribution < 1.29 is 14.6 Å². The highest BCUT2D eigenvalue weighted by Crippen LogP contribution is 2.54. The molecule has 3 nitrogen and oxygen atoms in total. The normalized spacial score (nSPS) is 27.1. The minimum absolute atomic E-state index is 0.0218. The lowest BCUT2D eigenvalue weighted by Gasteiger charge is -2.46. The van der Waals surface area contributed by atoms with Crippen molar-refractivity contribution in [2.24, 2.45) is 10.8 Å². The molecule has 1 aromatic rings. The molecule has 0 aromatic heterocycles. The van der Waals surface area contributed by atoms with Gasteiger partial charge in [0, 0.05) is 17.4 Å². The van der Waals surface area contributed by atoms with E-state index in [0.29, 0.717) is 23.3 Å². The van der Waals surface area contributed by atoms with Crippen LogP contribution in [0, 0.1) is 10.8 Å². The molecule has 0 saturated heterocycles. The number of carbonyl (C=O) groups excluding carboxylic acids is 1. The summed E-state index contributed by atoms with van der Waals surface area (Å²) in [6.07, 6.45) is 2.17. The van der Waals surface area contributed by atoms with E-state index in [1.54, 1.807) is 7.11 Å². The van der Waals surface area contributed by atoms with Crippen LogP contribution in [0.25, 0.3) is 5.76 Å². The van der Waals surface area contributed by atoms with Gasteiger partial charge < -0.3 is 9.84 Å². The molecule has 3 rings (SSSR count). The maximum atomic E-state index is 12.6. The molecule has 1 atom stereocenters. The fraction of sp³-hybridized carbons (Fsp3) is 0.500. The van der Waals surface area contributed by atoms with Crippen LogP contribution in [0.4, 0.5) is 0 Å². The number of ether oxygens (including phenoxy) is 1. The third-order valence-corrected chi connectivity index (χ3v) is 4.78. The number of methoxy groups -OCH3 is 1. The van der Waals surface area contributed by atoms with Gasteiger partial charge in [0.05, 0.1) is 12.7 Å². The standard InChI is InChI=1S/C18H22O3/c1-17(2)9-12(19)15-16(20)14-11(8-18(15,3)10-17)6-5-7-13(14)21-4/h5-7,20H,8-10H2,1-4H3. The topological polar surface area (TPSA) is 46.5 Å². The van der Waals surface area contributed by atoms with E-state index in [-0.39, 0.29) is 22.4 Å². The summed E-state index contributed by atoms with van der Waals surface area (Å²) >= 11 is 0. The summed E-state index contributed by atoms with van der Waals surface area (Å²) in [7, 11) is 1.59. The second kappa shape index (κ2) is 4.36. The smallest absolute Gasteiger partial charge is 0.163 e. The Kier molecular flexibility index (Phi) is 2.94. The lowest BCUT2D eigenvalue weighted by atomic mass is 9.57. The van der Waals surface area contributed by atoms with Crippen molar-refractivity contribution in [1.82, 2.24) is 0 Å². The zero-order valence-corrected chi connectivity index (χ0v) is 13.1. The third kappa shape index (κ3) is 2.06. The van der Waals surface area contributed by atoms with Crippen LogP contribution < -0.4 is 4.74 Å². The van der Waals surface area contributed by atoms with Gasteiger partial charge in [-0.2, -0.15) is 0 Å². The molecule has 0 amide bonds. The Morgan fingerprint density at radius 3 is 2.57 bits per heavy atom. The Labute approximate surface area is 125 Å². The summed E-state index contributed by atoms with van der Waals surface area (Å²) in [5.41, 5.74) is 2.04. The van der Waals surface area contributed by atoms with E-state index in [2.05, 4.69) is 20.8 Å². The number of ketones is 1. The summed E-state index contributed by atoms with van der Waals surface area (Å²) in [6.45, 7) is 6.36. The number of rotatable bonds is 1. The average Bonchev–Trinajstić information content (AvgIpc) is 2.34. The molecule has 21 heavy (non-hydrogen) atoms. The summed E-state index contributed by atoms with van der Waals surface area (Å²) in [4.78, 5) is 12.6. The van der Waals surface area contributed by atoms with Crippen molar-refractivity contribution in [2.75, 3.05) is 7.11 Å². The monoisotopic (exact) mass is 286 g/mol. The second-order valence-electron chi connectivity index (χ2n) is 7.40. The average molecular weight is 286 g/mol. The largest absolute Gasteiger partial charge is 0.507 e. The van der Waals surface area contributed by atoms with Gasteiger partial charge in [-0.25, -0.2) is 0 Å². The lowest BCUT2D eigenvalue weighted by molar-refractivity contribution is -0.121. The molecule has 0 heterocycles. The van der Waals surface area contributed by atoms with E-state index < -0.39 is 0 Å². The molecule has 1 aromatic carbocycles.